The highest BCUT2D eigenvalue weighted by Gasteiger charge is 2.53. The first-order chi connectivity index (χ1) is 15.6. The Labute approximate surface area is 209 Å². The van der Waals surface area contributed by atoms with E-state index in [0.29, 0.717) is 0 Å². The van der Waals surface area contributed by atoms with Crippen LogP contribution in [0.4, 0.5) is 0 Å². The van der Waals surface area contributed by atoms with Gasteiger partial charge in [0, 0.05) is 33.0 Å². The quantitative estimate of drug-likeness (QED) is 0.214. The van der Waals surface area contributed by atoms with E-state index in [9.17, 15) is 19.2 Å². The van der Waals surface area contributed by atoms with Gasteiger partial charge in [0.15, 0.2) is 24.6 Å². The van der Waals surface area contributed by atoms with Crippen molar-refractivity contribution in [3.05, 3.63) is 0 Å². The number of carbonyl (C=O) groups excluding carboxylic acids is 4. The SMILES string of the molecule is CC(=O)OCC1OC(OCC(C)(C)CC(C)(C)CBr)C(OC(C)=O)C(OC(C)=O)C1OC(C)=O. The molecule has 1 aliphatic heterocycles. The van der Waals surface area contributed by atoms with Crippen molar-refractivity contribution < 1.29 is 47.6 Å². The molecule has 0 aromatic carbocycles. The maximum atomic E-state index is 11.9. The zero-order valence-electron chi connectivity index (χ0n) is 21.2. The maximum absolute atomic E-state index is 11.9. The molecule has 0 N–H and O–H groups in total. The van der Waals surface area contributed by atoms with Gasteiger partial charge in [-0.05, 0) is 17.3 Å². The van der Waals surface area contributed by atoms with Crippen LogP contribution in [0, 0.1) is 10.8 Å². The molecular formula is C23H37BrO10. The first kappa shape index (κ1) is 30.3. The Morgan fingerprint density at radius 3 is 1.74 bits per heavy atom. The van der Waals surface area contributed by atoms with Gasteiger partial charge in [-0.15, -0.1) is 0 Å². The molecular weight excluding hydrogens is 516 g/mol. The van der Waals surface area contributed by atoms with Crippen molar-refractivity contribution in [1.82, 2.24) is 0 Å². The van der Waals surface area contributed by atoms with Crippen LogP contribution in [0.3, 0.4) is 0 Å². The van der Waals surface area contributed by atoms with Gasteiger partial charge in [0.2, 0.25) is 0 Å². The lowest BCUT2D eigenvalue weighted by Crippen LogP contribution is -2.63. The van der Waals surface area contributed by atoms with E-state index in [4.69, 9.17) is 28.4 Å². The highest BCUT2D eigenvalue weighted by atomic mass is 79.9. The number of alkyl halides is 1. The fourth-order valence-electron chi connectivity index (χ4n) is 4.02. The molecule has 5 atom stereocenters. The Bertz CT molecular complexity index is 735. The second-order valence-corrected chi connectivity index (χ2v) is 10.6. The Hall–Kier alpha value is -1.72. The lowest BCUT2D eigenvalue weighted by Gasteiger charge is -2.45. The van der Waals surface area contributed by atoms with Crippen molar-refractivity contribution >= 4 is 39.8 Å². The fourth-order valence-corrected chi connectivity index (χ4v) is 4.22. The molecule has 1 fully saturated rings. The Morgan fingerprint density at radius 2 is 1.26 bits per heavy atom. The minimum absolute atomic E-state index is 0.00582. The normalized spacial score (nSPS) is 25.3. The summed E-state index contributed by atoms with van der Waals surface area (Å²) < 4.78 is 33.3. The van der Waals surface area contributed by atoms with Crippen LogP contribution in [-0.2, 0) is 47.6 Å². The zero-order chi connectivity index (χ0) is 26.3. The van der Waals surface area contributed by atoms with Crippen molar-refractivity contribution in [3.63, 3.8) is 0 Å². The summed E-state index contributed by atoms with van der Waals surface area (Å²) in [4.78, 5) is 47.0. The first-order valence-corrected chi connectivity index (χ1v) is 12.2. The van der Waals surface area contributed by atoms with E-state index in [2.05, 4.69) is 29.8 Å². The molecule has 1 heterocycles. The molecule has 0 aliphatic carbocycles. The van der Waals surface area contributed by atoms with Crippen LogP contribution in [0.25, 0.3) is 0 Å². The molecule has 0 aromatic heterocycles. The highest BCUT2D eigenvalue weighted by molar-refractivity contribution is 9.09. The molecule has 0 spiro atoms. The summed E-state index contributed by atoms with van der Waals surface area (Å²) in [6, 6.07) is 0. The average Bonchev–Trinajstić information content (AvgIpc) is 2.66. The predicted molar refractivity (Wildman–Crippen MR) is 124 cm³/mol. The van der Waals surface area contributed by atoms with E-state index < -0.39 is 54.6 Å². The van der Waals surface area contributed by atoms with Gasteiger partial charge in [-0.2, -0.15) is 0 Å². The Morgan fingerprint density at radius 1 is 0.765 bits per heavy atom. The van der Waals surface area contributed by atoms with Crippen LogP contribution in [0.2, 0.25) is 0 Å². The number of hydrogen-bond donors (Lipinski definition) is 0. The summed E-state index contributed by atoms with van der Waals surface area (Å²) in [6.45, 7) is 13.0. The lowest BCUT2D eigenvalue weighted by molar-refractivity contribution is -0.312. The topological polar surface area (TPSA) is 124 Å². The first-order valence-electron chi connectivity index (χ1n) is 11.0. The van der Waals surface area contributed by atoms with Crippen LogP contribution >= 0.6 is 15.9 Å². The number of hydrogen-bond acceptors (Lipinski definition) is 10. The van der Waals surface area contributed by atoms with Crippen molar-refractivity contribution in [2.75, 3.05) is 18.5 Å². The van der Waals surface area contributed by atoms with Crippen LogP contribution in [0.15, 0.2) is 0 Å². The van der Waals surface area contributed by atoms with Crippen LogP contribution in [-0.4, -0.2) is 73.1 Å². The predicted octanol–water partition coefficient (Wildman–Crippen LogP) is 2.92. The molecule has 0 bridgehead atoms. The van der Waals surface area contributed by atoms with Crippen molar-refractivity contribution in [1.29, 1.82) is 0 Å². The van der Waals surface area contributed by atoms with Crippen molar-refractivity contribution in [2.24, 2.45) is 10.8 Å². The van der Waals surface area contributed by atoms with Gasteiger partial charge in [0.1, 0.15) is 12.7 Å². The van der Waals surface area contributed by atoms with E-state index in [0.717, 1.165) is 11.8 Å². The largest absolute Gasteiger partial charge is 0.463 e. The second-order valence-electron chi connectivity index (χ2n) is 10.0. The van der Waals surface area contributed by atoms with Crippen molar-refractivity contribution in [2.45, 2.75) is 92.5 Å². The smallest absolute Gasteiger partial charge is 0.303 e. The summed E-state index contributed by atoms with van der Waals surface area (Å²) in [7, 11) is 0. The third-order valence-electron chi connectivity index (χ3n) is 4.91. The van der Waals surface area contributed by atoms with Gasteiger partial charge in [-0.1, -0.05) is 43.6 Å². The third-order valence-corrected chi connectivity index (χ3v) is 6.42. The number of ether oxygens (including phenoxy) is 6. The van der Waals surface area contributed by atoms with Gasteiger partial charge in [-0.3, -0.25) is 19.2 Å². The summed E-state index contributed by atoms with van der Waals surface area (Å²) in [5.41, 5.74) is -0.301. The van der Waals surface area contributed by atoms with Crippen LogP contribution in [0.1, 0.15) is 61.8 Å². The molecule has 0 saturated carbocycles. The molecule has 0 amide bonds. The standard InChI is InChI=1S/C23H37BrO10/c1-13(25)29-9-17-18(31-14(2)26)19(32-15(3)27)20(33-16(4)28)21(34-17)30-12-23(7,8)10-22(5,6)11-24/h17-21H,9-12H2,1-8H3. The molecule has 34 heavy (non-hydrogen) atoms. The summed E-state index contributed by atoms with van der Waals surface area (Å²) >= 11 is 3.53. The van der Waals surface area contributed by atoms with E-state index in [1.54, 1.807) is 0 Å². The van der Waals surface area contributed by atoms with Crippen LogP contribution < -0.4 is 0 Å². The molecule has 11 heteroatoms. The van der Waals surface area contributed by atoms with E-state index in [1.807, 2.05) is 13.8 Å². The van der Waals surface area contributed by atoms with E-state index >= 15 is 0 Å². The van der Waals surface area contributed by atoms with Crippen LogP contribution in [0.5, 0.6) is 0 Å². The summed E-state index contributed by atoms with van der Waals surface area (Å²) in [5.74, 6) is -2.62. The minimum Gasteiger partial charge on any atom is -0.463 e. The number of carbonyl (C=O) groups is 4. The van der Waals surface area contributed by atoms with Gasteiger partial charge >= 0.3 is 23.9 Å². The second kappa shape index (κ2) is 12.8. The Kier molecular flexibility index (Phi) is 11.4. The number of esters is 4. The fraction of sp³-hybridized carbons (Fsp3) is 0.826. The number of rotatable bonds is 11. The molecule has 196 valence electrons. The maximum Gasteiger partial charge on any atom is 0.303 e. The van der Waals surface area contributed by atoms with Gasteiger partial charge in [0.05, 0.1) is 6.61 Å². The lowest BCUT2D eigenvalue weighted by atomic mass is 9.77. The number of halogens is 1. The molecule has 0 aromatic rings. The molecule has 10 nitrogen and oxygen atoms in total. The highest BCUT2D eigenvalue weighted by Crippen LogP contribution is 2.37. The average molecular weight is 553 g/mol. The van der Waals surface area contributed by atoms with Gasteiger partial charge in [0.25, 0.3) is 0 Å². The van der Waals surface area contributed by atoms with Crippen molar-refractivity contribution in [3.8, 4) is 0 Å². The molecule has 1 saturated heterocycles. The molecule has 0 radical (unpaired) electrons. The third kappa shape index (κ3) is 10.3. The summed E-state index contributed by atoms with van der Waals surface area (Å²) in [6.07, 6.45) is -5.07. The zero-order valence-corrected chi connectivity index (χ0v) is 22.8. The van der Waals surface area contributed by atoms with E-state index in [1.165, 1.54) is 27.7 Å². The van der Waals surface area contributed by atoms with Gasteiger partial charge < -0.3 is 28.4 Å². The molecule has 5 unspecified atom stereocenters. The monoisotopic (exact) mass is 552 g/mol. The minimum atomic E-state index is -1.24. The Balaban J connectivity index is 3.28. The molecule has 1 aliphatic rings. The summed E-state index contributed by atoms with van der Waals surface area (Å²) in [5, 5.41) is 0.794. The van der Waals surface area contributed by atoms with Gasteiger partial charge in [-0.25, -0.2) is 0 Å². The molecule has 1 rings (SSSR count). The van der Waals surface area contributed by atoms with E-state index in [-0.39, 0.29) is 24.0 Å².